The Bertz CT molecular complexity index is 394. The van der Waals surface area contributed by atoms with E-state index in [0.29, 0.717) is 0 Å². The smallest absolute Gasteiger partial charge is 0.0372 e. The van der Waals surface area contributed by atoms with Gasteiger partial charge in [-0.15, -0.1) is 0 Å². The van der Waals surface area contributed by atoms with Crippen molar-refractivity contribution in [1.29, 1.82) is 0 Å². The van der Waals surface area contributed by atoms with E-state index in [1.54, 1.807) is 0 Å². The van der Waals surface area contributed by atoms with Gasteiger partial charge in [0.05, 0.1) is 0 Å². The molecule has 1 saturated carbocycles. The first-order chi connectivity index (χ1) is 8.31. The summed E-state index contributed by atoms with van der Waals surface area (Å²) in [6.45, 7) is 4.50. The van der Waals surface area contributed by atoms with Gasteiger partial charge in [-0.1, -0.05) is 19.1 Å². The average molecular weight is 230 g/mol. The van der Waals surface area contributed by atoms with Crippen LogP contribution < -0.4 is 10.6 Å². The zero-order chi connectivity index (χ0) is 11.7. The first kappa shape index (κ1) is 11.1. The second-order valence-corrected chi connectivity index (χ2v) is 5.68. The maximum Gasteiger partial charge on any atom is 0.0372 e. The molecule has 1 fully saturated rings. The van der Waals surface area contributed by atoms with Crippen LogP contribution in [0.1, 0.15) is 37.3 Å². The molecule has 3 rings (SSSR count). The number of hydrogen-bond donors (Lipinski definition) is 2. The fourth-order valence-corrected chi connectivity index (χ4v) is 2.97. The topological polar surface area (TPSA) is 24.1 Å². The van der Waals surface area contributed by atoms with E-state index < -0.39 is 0 Å². The minimum Gasteiger partial charge on any atom is -0.385 e. The van der Waals surface area contributed by atoms with Crippen molar-refractivity contribution in [3.63, 3.8) is 0 Å². The lowest BCUT2D eigenvalue weighted by molar-refractivity contribution is 0.240. The summed E-state index contributed by atoms with van der Waals surface area (Å²) in [5.41, 5.74) is 4.28. The first-order valence-corrected chi connectivity index (χ1v) is 6.90. The number of anilines is 1. The molecule has 0 saturated heterocycles. The Kier molecular flexibility index (Phi) is 3.06. The van der Waals surface area contributed by atoms with E-state index in [4.69, 9.17) is 0 Å². The summed E-state index contributed by atoms with van der Waals surface area (Å²) >= 11 is 0. The summed E-state index contributed by atoms with van der Waals surface area (Å²) in [5, 5.41) is 7.11. The number of fused-ring (bicyclic) bond motifs is 1. The fraction of sp³-hybridized carbons (Fsp3) is 0.600. The zero-order valence-electron chi connectivity index (χ0n) is 10.6. The van der Waals surface area contributed by atoms with E-state index in [1.807, 2.05) is 0 Å². The van der Waals surface area contributed by atoms with Gasteiger partial charge in [0.2, 0.25) is 0 Å². The minimum absolute atomic E-state index is 0.763. The van der Waals surface area contributed by atoms with Gasteiger partial charge in [-0.2, -0.15) is 0 Å². The highest BCUT2D eigenvalue weighted by Crippen LogP contribution is 2.27. The lowest BCUT2D eigenvalue weighted by Gasteiger charge is -2.33. The largest absolute Gasteiger partial charge is 0.385 e. The maximum absolute atomic E-state index is 3.65. The van der Waals surface area contributed by atoms with Crippen LogP contribution in [0, 0.1) is 5.92 Å². The van der Waals surface area contributed by atoms with Crippen LogP contribution in [-0.4, -0.2) is 12.6 Å². The molecule has 2 aliphatic rings. The van der Waals surface area contributed by atoms with Crippen molar-refractivity contribution in [3.8, 4) is 0 Å². The van der Waals surface area contributed by atoms with Crippen molar-refractivity contribution >= 4 is 5.69 Å². The van der Waals surface area contributed by atoms with Gasteiger partial charge in [0, 0.05) is 24.8 Å². The van der Waals surface area contributed by atoms with E-state index in [-0.39, 0.29) is 0 Å². The Morgan fingerprint density at radius 1 is 1.35 bits per heavy atom. The summed E-state index contributed by atoms with van der Waals surface area (Å²) in [6, 6.07) is 7.64. The van der Waals surface area contributed by atoms with E-state index in [9.17, 15) is 0 Å². The van der Waals surface area contributed by atoms with Crippen molar-refractivity contribution in [2.45, 2.75) is 45.2 Å². The molecular formula is C15H22N2. The van der Waals surface area contributed by atoms with Gasteiger partial charge in [-0.3, -0.25) is 0 Å². The molecule has 2 N–H and O–H groups in total. The molecule has 0 unspecified atom stereocenters. The first-order valence-electron chi connectivity index (χ1n) is 6.90. The Hall–Kier alpha value is -1.02. The van der Waals surface area contributed by atoms with Crippen LogP contribution in [0.3, 0.4) is 0 Å². The lowest BCUT2D eigenvalue weighted by Crippen LogP contribution is -2.39. The van der Waals surface area contributed by atoms with Gasteiger partial charge in [-0.25, -0.2) is 0 Å². The molecule has 17 heavy (non-hydrogen) atoms. The summed E-state index contributed by atoms with van der Waals surface area (Å²) < 4.78 is 0. The molecule has 0 spiro atoms. The molecular weight excluding hydrogens is 208 g/mol. The summed E-state index contributed by atoms with van der Waals surface area (Å²) in [6.07, 6.45) is 5.21. The molecule has 0 amide bonds. The third-order valence-electron chi connectivity index (χ3n) is 4.08. The number of rotatable bonds is 3. The van der Waals surface area contributed by atoms with Crippen LogP contribution in [0.5, 0.6) is 0 Å². The van der Waals surface area contributed by atoms with Gasteiger partial charge < -0.3 is 10.6 Å². The quantitative estimate of drug-likeness (QED) is 0.834. The molecule has 2 nitrogen and oxygen atoms in total. The monoisotopic (exact) mass is 230 g/mol. The Balaban J connectivity index is 1.59. The van der Waals surface area contributed by atoms with Gasteiger partial charge in [0.1, 0.15) is 0 Å². The van der Waals surface area contributed by atoms with Crippen LogP contribution >= 0.6 is 0 Å². The van der Waals surface area contributed by atoms with E-state index >= 15 is 0 Å². The molecule has 0 atom stereocenters. The molecule has 0 radical (unpaired) electrons. The maximum atomic E-state index is 3.65. The highest BCUT2D eigenvalue weighted by Gasteiger charge is 2.24. The van der Waals surface area contributed by atoms with Crippen molar-refractivity contribution < 1.29 is 0 Å². The average Bonchev–Trinajstić information content (AvgIpc) is 2.33. The van der Waals surface area contributed by atoms with E-state index in [2.05, 4.69) is 35.8 Å². The normalized spacial score (nSPS) is 26.9. The van der Waals surface area contributed by atoms with E-state index in [0.717, 1.165) is 25.0 Å². The number of aryl methyl sites for hydroxylation is 1. The predicted octanol–water partition coefficient (Wildman–Crippen LogP) is 2.93. The lowest BCUT2D eigenvalue weighted by atomic mass is 9.82. The van der Waals surface area contributed by atoms with Crippen molar-refractivity contribution in [1.82, 2.24) is 5.32 Å². The van der Waals surface area contributed by atoms with Crippen LogP contribution in [0.15, 0.2) is 18.2 Å². The molecule has 1 heterocycles. The molecule has 1 aliphatic carbocycles. The third kappa shape index (κ3) is 2.47. The standard InChI is InChI=1S/C15H22N2/c1-11-7-14(8-11)17-10-12-4-5-15-13(9-12)3-2-6-16-15/h4-5,9,11,14,16-17H,2-3,6-8,10H2,1H3. The number of hydrogen-bond acceptors (Lipinski definition) is 2. The fourth-order valence-electron chi connectivity index (χ4n) is 2.97. The number of nitrogens with one attached hydrogen (secondary N) is 2. The Labute approximate surface area is 104 Å². The minimum atomic E-state index is 0.763. The van der Waals surface area contributed by atoms with Crippen molar-refractivity contribution in [2.75, 3.05) is 11.9 Å². The van der Waals surface area contributed by atoms with Gasteiger partial charge in [0.15, 0.2) is 0 Å². The molecule has 1 aromatic carbocycles. The Morgan fingerprint density at radius 3 is 3.06 bits per heavy atom. The summed E-state index contributed by atoms with van der Waals surface area (Å²) in [7, 11) is 0. The number of benzene rings is 1. The second-order valence-electron chi connectivity index (χ2n) is 5.68. The zero-order valence-corrected chi connectivity index (χ0v) is 10.6. The molecule has 0 aromatic heterocycles. The molecule has 0 bridgehead atoms. The highest BCUT2D eigenvalue weighted by molar-refractivity contribution is 5.54. The Morgan fingerprint density at radius 2 is 2.24 bits per heavy atom. The van der Waals surface area contributed by atoms with Crippen LogP contribution in [0.25, 0.3) is 0 Å². The second kappa shape index (κ2) is 4.69. The summed E-state index contributed by atoms with van der Waals surface area (Å²) in [5.74, 6) is 0.931. The molecule has 2 heteroatoms. The van der Waals surface area contributed by atoms with Gasteiger partial charge in [-0.05, 0) is 48.8 Å². The van der Waals surface area contributed by atoms with Gasteiger partial charge >= 0.3 is 0 Å². The molecule has 1 aromatic rings. The van der Waals surface area contributed by atoms with Crippen LogP contribution in [-0.2, 0) is 13.0 Å². The SMILES string of the molecule is CC1CC(NCc2ccc3c(c2)CCCN3)C1. The van der Waals surface area contributed by atoms with Crippen LogP contribution in [0.2, 0.25) is 0 Å². The predicted molar refractivity (Wildman–Crippen MR) is 72.3 cm³/mol. The van der Waals surface area contributed by atoms with Gasteiger partial charge in [0.25, 0.3) is 0 Å². The van der Waals surface area contributed by atoms with Crippen molar-refractivity contribution in [3.05, 3.63) is 29.3 Å². The van der Waals surface area contributed by atoms with Crippen molar-refractivity contribution in [2.24, 2.45) is 5.92 Å². The highest BCUT2D eigenvalue weighted by atomic mass is 14.9. The molecule has 1 aliphatic heterocycles. The van der Waals surface area contributed by atoms with E-state index in [1.165, 1.54) is 42.5 Å². The molecule has 92 valence electrons. The van der Waals surface area contributed by atoms with Crippen LogP contribution in [0.4, 0.5) is 5.69 Å². The third-order valence-corrected chi connectivity index (χ3v) is 4.08. The summed E-state index contributed by atoms with van der Waals surface area (Å²) in [4.78, 5) is 0.